The minimum atomic E-state index is -1.13. The van der Waals surface area contributed by atoms with E-state index in [2.05, 4.69) is 25.9 Å². The van der Waals surface area contributed by atoms with Crippen LogP contribution in [0.5, 0.6) is 0 Å². The van der Waals surface area contributed by atoms with Crippen LogP contribution in [-0.2, 0) is 17.4 Å². The maximum Gasteiger partial charge on any atom is 0.270 e. The summed E-state index contributed by atoms with van der Waals surface area (Å²) in [6.07, 6.45) is 1.54. The van der Waals surface area contributed by atoms with Gasteiger partial charge in [0.25, 0.3) is 5.91 Å². The van der Waals surface area contributed by atoms with Crippen LogP contribution in [0.2, 0.25) is 0 Å². The highest BCUT2D eigenvalue weighted by molar-refractivity contribution is 6.01. The number of rotatable bonds is 9. The molecule has 0 spiro atoms. The minimum absolute atomic E-state index is 0.343. The molecule has 2 heterocycles. The standard InChI is InChI=1S/C33H34N6O3/c1-21-27(30(38-37-21)33(2,3)42)24-15-17-25(18-16-24)35-32(41)29(36-31(40)26-19-20-34-39(26)4)28(22-11-7-5-8-12-22)23-13-9-6-10-14-23/h5-20,28-29,42H,1-4H3,(H,35,41)(H,36,40)(H,37,38). The van der Waals surface area contributed by atoms with Crippen LogP contribution in [0, 0.1) is 6.92 Å². The fraction of sp³-hybridized carbons (Fsp3) is 0.212. The summed E-state index contributed by atoms with van der Waals surface area (Å²) < 4.78 is 1.48. The number of hydrogen-bond donors (Lipinski definition) is 4. The van der Waals surface area contributed by atoms with E-state index in [9.17, 15) is 14.7 Å². The quantitative estimate of drug-likeness (QED) is 0.203. The van der Waals surface area contributed by atoms with Crippen LogP contribution in [0.3, 0.4) is 0 Å². The van der Waals surface area contributed by atoms with Gasteiger partial charge in [-0.2, -0.15) is 10.2 Å². The first-order valence-electron chi connectivity index (χ1n) is 13.7. The number of benzene rings is 3. The summed E-state index contributed by atoms with van der Waals surface area (Å²) in [6.45, 7) is 5.28. The summed E-state index contributed by atoms with van der Waals surface area (Å²) in [7, 11) is 1.68. The van der Waals surface area contributed by atoms with Crippen LogP contribution in [0.25, 0.3) is 11.1 Å². The highest BCUT2D eigenvalue weighted by atomic mass is 16.3. The highest BCUT2D eigenvalue weighted by Gasteiger charge is 2.33. The summed E-state index contributed by atoms with van der Waals surface area (Å²) in [5, 5.41) is 28.0. The van der Waals surface area contributed by atoms with E-state index >= 15 is 0 Å². The van der Waals surface area contributed by atoms with Gasteiger partial charge in [0.05, 0.1) is 0 Å². The molecule has 3 aromatic carbocycles. The molecule has 1 atom stereocenters. The minimum Gasteiger partial charge on any atom is -0.384 e. The second kappa shape index (κ2) is 11.8. The number of H-pyrrole nitrogens is 1. The first kappa shape index (κ1) is 28.5. The van der Waals surface area contributed by atoms with Crippen molar-refractivity contribution in [3.05, 3.63) is 125 Å². The third-order valence-electron chi connectivity index (χ3n) is 7.24. The average Bonchev–Trinajstić information content (AvgIpc) is 3.59. The molecule has 42 heavy (non-hydrogen) atoms. The van der Waals surface area contributed by atoms with E-state index in [-0.39, 0.29) is 5.91 Å². The molecule has 5 rings (SSSR count). The van der Waals surface area contributed by atoms with Crippen molar-refractivity contribution in [2.75, 3.05) is 5.32 Å². The number of nitrogens with zero attached hydrogens (tertiary/aromatic N) is 3. The molecule has 0 radical (unpaired) electrons. The van der Waals surface area contributed by atoms with Gasteiger partial charge < -0.3 is 15.7 Å². The number of aromatic amines is 1. The maximum atomic E-state index is 14.0. The van der Waals surface area contributed by atoms with Gasteiger partial charge in [-0.25, -0.2) is 0 Å². The van der Waals surface area contributed by atoms with E-state index in [4.69, 9.17) is 0 Å². The lowest BCUT2D eigenvalue weighted by Gasteiger charge is -2.28. The van der Waals surface area contributed by atoms with Crippen molar-refractivity contribution in [3.63, 3.8) is 0 Å². The zero-order valence-electron chi connectivity index (χ0n) is 24.0. The smallest absolute Gasteiger partial charge is 0.270 e. The van der Waals surface area contributed by atoms with Gasteiger partial charge in [0.2, 0.25) is 5.91 Å². The molecule has 0 bridgehead atoms. The van der Waals surface area contributed by atoms with Crippen molar-refractivity contribution in [1.82, 2.24) is 25.3 Å². The number of nitrogens with one attached hydrogen (secondary N) is 3. The van der Waals surface area contributed by atoms with E-state index in [0.717, 1.165) is 27.9 Å². The Morgan fingerprint density at radius 1 is 0.905 bits per heavy atom. The van der Waals surface area contributed by atoms with Crippen LogP contribution < -0.4 is 10.6 Å². The molecule has 0 aliphatic heterocycles. The summed E-state index contributed by atoms with van der Waals surface area (Å²) in [5.41, 5.74) is 4.59. The molecule has 4 N–H and O–H groups in total. The molecular weight excluding hydrogens is 528 g/mol. The Morgan fingerprint density at radius 2 is 1.50 bits per heavy atom. The Bertz CT molecular complexity index is 1630. The van der Waals surface area contributed by atoms with Gasteiger partial charge in [0.15, 0.2) is 0 Å². The monoisotopic (exact) mass is 562 g/mol. The lowest BCUT2D eigenvalue weighted by molar-refractivity contribution is -0.118. The Labute approximate surface area is 244 Å². The average molecular weight is 563 g/mol. The molecule has 5 aromatic rings. The number of amides is 2. The first-order chi connectivity index (χ1) is 20.1. The van der Waals surface area contributed by atoms with Crippen LogP contribution in [0.15, 0.2) is 97.2 Å². The molecule has 0 saturated carbocycles. The number of hydrogen-bond acceptors (Lipinski definition) is 5. The summed E-state index contributed by atoms with van der Waals surface area (Å²) in [6, 6.07) is 27.3. The number of carbonyl (C=O) groups is 2. The van der Waals surface area contributed by atoms with Crippen LogP contribution in [0.1, 0.15) is 52.8 Å². The fourth-order valence-electron chi connectivity index (χ4n) is 5.18. The number of aliphatic hydroxyl groups is 1. The van der Waals surface area contributed by atoms with Crippen molar-refractivity contribution < 1.29 is 14.7 Å². The second-order valence-electron chi connectivity index (χ2n) is 10.8. The molecule has 1 unspecified atom stereocenters. The molecule has 0 fully saturated rings. The van der Waals surface area contributed by atoms with Gasteiger partial charge in [-0.1, -0.05) is 72.8 Å². The van der Waals surface area contributed by atoms with Gasteiger partial charge in [0.1, 0.15) is 23.0 Å². The van der Waals surface area contributed by atoms with E-state index in [1.807, 2.05) is 79.7 Å². The number of anilines is 1. The zero-order valence-corrected chi connectivity index (χ0v) is 24.0. The molecule has 9 nitrogen and oxygen atoms in total. The molecular formula is C33H34N6O3. The molecule has 0 saturated heterocycles. The Morgan fingerprint density at radius 3 is 2.02 bits per heavy atom. The summed E-state index contributed by atoms with van der Waals surface area (Å²) in [4.78, 5) is 27.4. The lowest BCUT2D eigenvalue weighted by Crippen LogP contribution is -2.48. The van der Waals surface area contributed by atoms with E-state index in [1.54, 1.807) is 45.3 Å². The lowest BCUT2D eigenvalue weighted by atomic mass is 9.84. The molecule has 0 aliphatic rings. The molecule has 2 amide bonds. The molecule has 0 aliphatic carbocycles. The van der Waals surface area contributed by atoms with E-state index in [1.165, 1.54) is 4.68 Å². The van der Waals surface area contributed by atoms with Crippen molar-refractivity contribution >= 4 is 17.5 Å². The largest absolute Gasteiger partial charge is 0.384 e. The van der Waals surface area contributed by atoms with Crippen molar-refractivity contribution in [1.29, 1.82) is 0 Å². The van der Waals surface area contributed by atoms with Gasteiger partial charge in [-0.3, -0.25) is 19.4 Å². The van der Waals surface area contributed by atoms with Crippen molar-refractivity contribution in [2.45, 2.75) is 38.3 Å². The Balaban J connectivity index is 1.49. The third-order valence-corrected chi connectivity index (χ3v) is 7.24. The number of aromatic nitrogens is 4. The number of aryl methyl sites for hydroxylation is 2. The zero-order chi connectivity index (χ0) is 29.9. The predicted octanol–water partition coefficient (Wildman–Crippen LogP) is 4.92. The van der Waals surface area contributed by atoms with E-state index < -0.39 is 23.5 Å². The van der Waals surface area contributed by atoms with Gasteiger partial charge in [0, 0.05) is 36.1 Å². The highest BCUT2D eigenvalue weighted by Crippen LogP contribution is 2.33. The summed E-state index contributed by atoms with van der Waals surface area (Å²) >= 11 is 0. The topological polar surface area (TPSA) is 125 Å². The van der Waals surface area contributed by atoms with Crippen molar-refractivity contribution in [2.24, 2.45) is 7.05 Å². The molecule has 2 aromatic heterocycles. The fourth-order valence-corrected chi connectivity index (χ4v) is 5.18. The van der Waals surface area contributed by atoms with Crippen LogP contribution in [-0.4, -0.2) is 42.9 Å². The summed E-state index contributed by atoms with van der Waals surface area (Å²) in [5.74, 6) is -1.24. The van der Waals surface area contributed by atoms with Gasteiger partial charge >= 0.3 is 0 Å². The van der Waals surface area contributed by atoms with Crippen LogP contribution in [0.4, 0.5) is 5.69 Å². The predicted molar refractivity (Wildman–Crippen MR) is 162 cm³/mol. The number of carbonyl (C=O) groups excluding carboxylic acids is 2. The second-order valence-corrected chi connectivity index (χ2v) is 10.8. The van der Waals surface area contributed by atoms with E-state index in [0.29, 0.717) is 17.1 Å². The van der Waals surface area contributed by atoms with Crippen molar-refractivity contribution in [3.8, 4) is 11.1 Å². The molecule has 9 heteroatoms. The van der Waals surface area contributed by atoms with Crippen LogP contribution >= 0.6 is 0 Å². The normalized spacial score (nSPS) is 12.2. The molecule has 214 valence electrons. The third kappa shape index (κ3) is 6.01. The maximum absolute atomic E-state index is 14.0. The first-order valence-corrected chi connectivity index (χ1v) is 13.7. The SMILES string of the molecule is Cc1[nH]nc(C(C)(C)O)c1-c1ccc(NC(=O)C(NC(=O)c2ccnn2C)C(c2ccccc2)c2ccccc2)cc1. The Kier molecular flexibility index (Phi) is 8.04. The Hall–Kier alpha value is -5.02. The van der Waals surface area contributed by atoms with Gasteiger partial charge in [-0.05, 0) is 55.7 Å². The van der Waals surface area contributed by atoms with Gasteiger partial charge in [-0.15, -0.1) is 0 Å².